The van der Waals surface area contributed by atoms with Crippen molar-refractivity contribution in [2.75, 3.05) is 0 Å². The van der Waals surface area contributed by atoms with Crippen LogP contribution in [0, 0.1) is 6.92 Å². The van der Waals surface area contributed by atoms with Gasteiger partial charge in [-0.1, -0.05) is 37.6 Å². The van der Waals surface area contributed by atoms with Crippen molar-refractivity contribution in [2.24, 2.45) is 0 Å². The van der Waals surface area contributed by atoms with E-state index in [1.54, 1.807) is 11.3 Å². The second-order valence-corrected chi connectivity index (χ2v) is 5.65. The van der Waals surface area contributed by atoms with Gasteiger partial charge in [0, 0.05) is 29.2 Å². The number of benzene rings is 1. The molecule has 0 fully saturated rings. The molecule has 2 nitrogen and oxygen atoms in total. The first-order chi connectivity index (χ1) is 8.15. The summed E-state index contributed by atoms with van der Waals surface area (Å²) in [6, 6.07) is 9.00. The maximum Gasteiger partial charge on any atom is 0.123 e. The number of nitrogens with zero attached hydrogens (tertiary/aromatic N) is 1. The van der Waals surface area contributed by atoms with E-state index in [4.69, 9.17) is 0 Å². The summed E-state index contributed by atoms with van der Waals surface area (Å²) < 4.78 is 0. The number of rotatable bonds is 4. The molecule has 1 aromatic heterocycles. The van der Waals surface area contributed by atoms with E-state index in [2.05, 4.69) is 55.3 Å². The topological polar surface area (TPSA) is 24.9 Å². The first-order valence-corrected chi connectivity index (χ1v) is 6.72. The maximum absolute atomic E-state index is 4.48. The number of hydrogen-bond acceptors (Lipinski definition) is 3. The Labute approximate surface area is 107 Å². The summed E-state index contributed by atoms with van der Waals surface area (Å²) in [6.07, 6.45) is 1.97. The summed E-state index contributed by atoms with van der Waals surface area (Å²) in [4.78, 5) is 5.77. The predicted molar refractivity (Wildman–Crippen MR) is 74.3 cm³/mol. The summed E-state index contributed by atoms with van der Waals surface area (Å²) >= 11 is 1.76. The van der Waals surface area contributed by atoms with Gasteiger partial charge < -0.3 is 5.32 Å². The van der Waals surface area contributed by atoms with Crippen molar-refractivity contribution in [1.29, 1.82) is 0 Å². The zero-order chi connectivity index (χ0) is 12.3. The Hall–Kier alpha value is -1.19. The molecule has 0 unspecified atom stereocenters. The molecule has 2 rings (SSSR count). The fraction of sp³-hybridized carbons (Fsp3) is 0.357. The third-order valence-electron chi connectivity index (χ3n) is 2.50. The molecule has 1 heterocycles. The van der Waals surface area contributed by atoms with Gasteiger partial charge in [-0.15, -0.1) is 11.3 Å². The van der Waals surface area contributed by atoms with Crippen molar-refractivity contribution >= 4 is 11.3 Å². The quantitative estimate of drug-likeness (QED) is 0.891. The molecule has 1 aromatic carbocycles. The molecule has 0 aliphatic carbocycles. The molecule has 0 aliphatic rings. The largest absolute Gasteiger partial charge is 0.310 e. The molecule has 0 radical (unpaired) electrons. The highest BCUT2D eigenvalue weighted by Crippen LogP contribution is 2.25. The van der Waals surface area contributed by atoms with E-state index in [-0.39, 0.29) is 0 Å². The van der Waals surface area contributed by atoms with Crippen LogP contribution in [0.5, 0.6) is 0 Å². The van der Waals surface area contributed by atoms with Crippen molar-refractivity contribution in [1.82, 2.24) is 10.3 Å². The Kier molecular flexibility index (Phi) is 3.92. The lowest BCUT2D eigenvalue weighted by atomic mass is 10.1. The smallest absolute Gasteiger partial charge is 0.123 e. The summed E-state index contributed by atoms with van der Waals surface area (Å²) in [7, 11) is 0. The average Bonchev–Trinajstić information content (AvgIpc) is 2.75. The Morgan fingerprint density at radius 3 is 2.88 bits per heavy atom. The van der Waals surface area contributed by atoms with Gasteiger partial charge in [0.05, 0.1) is 0 Å². The molecule has 17 heavy (non-hydrogen) atoms. The second-order valence-electron chi connectivity index (χ2n) is 4.54. The minimum Gasteiger partial charge on any atom is -0.310 e. The van der Waals surface area contributed by atoms with Gasteiger partial charge in [0.2, 0.25) is 0 Å². The normalized spacial score (nSPS) is 11.1. The highest BCUT2D eigenvalue weighted by atomic mass is 32.1. The van der Waals surface area contributed by atoms with E-state index < -0.39 is 0 Å². The molecule has 2 aromatic rings. The molecule has 0 saturated heterocycles. The number of thiazole rings is 1. The van der Waals surface area contributed by atoms with Crippen LogP contribution < -0.4 is 5.32 Å². The molecular weight excluding hydrogens is 228 g/mol. The van der Waals surface area contributed by atoms with Gasteiger partial charge in [0.25, 0.3) is 0 Å². The van der Waals surface area contributed by atoms with Gasteiger partial charge in [0.1, 0.15) is 5.01 Å². The summed E-state index contributed by atoms with van der Waals surface area (Å²) in [5.41, 5.74) is 2.49. The van der Waals surface area contributed by atoms with Crippen LogP contribution >= 0.6 is 11.3 Å². The van der Waals surface area contributed by atoms with E-state index in [1.807, 2.05) is 6.20 Å². The molecule has 0 saturated carbocycles. The van der Waals surface area contributed by atoms with Crippen LogP contribution in [0.4, 0.5) is 0 Å². The Morgan fingerprint density at radius 1 is 1.35 bits per heavy atom. The van der Waals surface area contributed by atoms with Crippen molar-refractivity contribution in [3.63, 3.8) is 0 Å². The van der Waals surface area contributed by atoms with Crippen molar-refractivity contribution in [3.8, 4) is 10.6 Å². The van der Waals surface area contributed by atoms with Gasteiger partial charge in [-0.3, -0.25) is 0 Å². The lowest BCUT2D eigenvalue weighted by molar-refractivity contribution is 0.593. The standard InChI is InChI=1S/C14H18N2S/c1-10(2)15-8-13-9-16-14(17-13)12-6-4-5-11(3)7-12/h4-7,9-10,15H,8H2,1-3H3. The van der Waals surface area contributed by atoms with Crippen LogP contribution in [0.15, 0.2) is 30.5 Å². The number of aryl methyl sites for hydroxylation is 1. The van der Waals surface area contributed by atoms with E-state index in [9.17, 15) is 0 Å². The van der Waals surface area contributed by atoms with Gasteiger partial charge in [-0.25, -0.2) is 4.98 Å². The average molecular weight is 246 g/mol. The number of hydrogen-bond donors (Lipinski definition) is 1. The lowest BCUT2D eigenvalue weighted by Crippen LogP contribution is -2.21. The van der Waals surface area contributed by atoms with Gasteiger partial charge in [-0.2, -0.15) is 0 Å². The SMILES string of the molecule is Cc1cccc(-c2ncc(CNC(C)C)s2)c1. The lowest BCUT2D eigenvalue weighted by Gasteiger charge is -2.04. The van der Waals surface area contributed by atoms with Crippen LogP contribution in [-0.2, 0) is 6.54 Å². The van der Waals surface area contributed by atoms with Gasteiger partial charge in [-0.05, 0) is 13.0 Å². The fourth-order valence-corrected chi connectivity index (χ4v) is 2.46. The van der Waals surface area contributed by atoms with Crippen LogP contribution in [0.1, 0.15) is 24.3 Å². The van der Waals surface area contributed by atoms with Gasteiger partial charge in [0.15, 0.2) is 0 Å². The first-order valence-electron chi connectivity index (χ1n) is 5.90. The van der Waals surface area contributed by atoms with E-state index >= 15 is 0 Å². The van der Waals surface area contributed by atoms with Crippen LogP contribution in [0.3, 0.4) is 0 Å². The van der Waals surface area contributed by atoms with Crippen LogP contribution in [0.2, 0.25) is 0 Å². The number of nitrogens with one attached hydrogen (secondary N) is 1. The zero-order valence-electron chi connectivity index (χ0n) is 10.5. The highest BCUT2D eigenvalue weighted by Gasteiger charge is 2.05. The zero-order valence-corrected chi connectivity index (χ0v) is 11.3. The van der Waals surface area contributed by atoms with Crippen LogP contribution in [0.25, 0.3) is 10.6 Å². The monoisotopic (exact) mass is 246 g/mol. The Bertz CT molecular complexity index is 488. The molecular formula is C14H18N2S. The molecule has 0 aliphatic heterocycles. The second kappa shape index (κ2) is 5.43. The molecule has 0 bridgehead atoms. The summed E-state index contributed by atoms with van der Waals surface area (Å²) in [6.45, 7) is 7.32. The molecule has 90 valence electrons. The van der Waals surface area contributed by atoms with E-state index in [0.29, 0.717) is 6.04 Å². The molecule has 3 heteroatoms. The third kappa shape index (κ3) is 3.38. The van der Waals surface area contributed by atoms with Crippen molar-refractivity contribution in [3.05, 3.63) is 40.9 Å². The summed E-state index contributed by atoms with van der Waals surface area (Å²) in [5.74, 6) is 0. The van der Waals surface area contributed by atoms with E-state index in [1.165, 1.54) is 16.0 Å². The summed E-state index contributed by atoms with van der Waals surface area (Å²) in [5, 5.41) is 4.51. The molecule has 1 N–H and O–H groups in total. The van der Waals surface area contributed by atoms with Gasteiger partial charge >= 0.3 is 0 Å². The molecule has 0 spiro atoms. The van der Waals surface area contributed by atoms with Crippen molar-refractivity contribution < 1.29 is 0 Å². The van der Waals surface area contributed by atoms with Crippen molar-refractivity contribution in [2.45, 2.75) is 33.4 Å². The number of aromatic nitrogens is 1. The molecule has 0 atom stereocenters. The van der Waals surface area contributed by atoms with E-state index in [0.717, 1.165) is 11.6 Å². The first kappa shape index (κ1) is 12.3. The fourth-order valence-electron chi connectivity index (χ4n) is 1.61. The predicted octanol–water partition coefficient (Wildman–Crippen LogP) is 3.62. The minimum atomic E-state index is 0.513. The maximum atomic E-state index is 4.48. The van der Waals surface area contributed by atoms with Crippen LogP contribution in [-0.4, -0.2) is 11.0 Å². The Balaban J connectivity index is 2.12. The highest BCUT2D eigenvalue weighted by molar-refractivity contribution is 7.15. The molecule has 0 amide bonds. The third-order valence-corrected chi connectivity index (χ3v) is 3.55. The Morgan fingerprint density at radius 2 is 2.18 bits per heavy atom. The minimum absolute atomic E-state index is 0.513.